The van der Waals surface area contributed by atoms with Crippen LogP contribution < -0.4 is 4.73 Å². The third kappa shape index (κ3) is 2.26. The molecule has 5 nitrogen and oxygen atoms in total. The van der Waals surface area contributed by atoms with Crippen LogP contribution in [-0.2, 0) is 9.84 Å². The van der Waals surface area contributed by atoms with Crippen molar-refractivity contribution in [3.05, 3.63) is 70.0 Å². The van der Waals surface area contributed by atoms with Gasteiger partial charge in [-0.25, -0.2) is 18.1 Å². The van der Waals surface area contributed by atoms with E-state index in [1.807, 2.05) is 18.2 Å². The van der Waals surface area contributed by atoms with E-state index < -0.39 is 9.84 Å². The van der Waals surface area contributed by atoms with Crippen LogP contribution >= 0.6 is 15.9 Å². The van der Waals surface area contributed by atoms with Crippen LogP contribution in [0.5, 0.6) is 0 Å². The van der Waals surface area contributed by atoms with Gasteiger partial charge < -0.3 is 5.21 Å². The molecular weight excluding hydrogens is 404 g/mol. The molecule has 0 unspecified atom stereocenters. The molecule has 0 saturated carbocycles. The molecule has 0 aliphatic heterocycles. The Morgan fingerprint density at radius 1 is 1.04 bits per heavy atom. The lowest BCUT2D eigenvalue weighted by atomic mass is 10.2. The topological polar surface area (TPSA) is 76.9 Å². The SMILES string of the molecule is Cc1c(Br)c(S(=O)(=O)c2ccccc2)c2c3ccccc3[nH]c2[n+]1[O-]. The molecular formula is C18H13BrN2O3S. The lowest BCUT2D eigenvalue weighted by Gasteiger charge is -2.14. The molecule has 2 aromatic heterocycles. The highest BCUT2D eigenvalue weighted by Crippen LogP contribution is 2.38. The number of halogens is 1. The van der Waals surface area contributed by atoms with Gasteiger partial charge in [0.1, 0.15) is 16.1 Å². The molecule has 4 aromatic rings. The van der Waals surface area contributed by atoms with Gasteiger partial charge in [0.15, 0.2) is 0 Å². The van der Waals surface area contributed by atoms with Crippen LogP contribution in [0.4, 0.5) is 0 Å². The molecule has 0 fully saturated rings. The van der Waals surface area contributed by atoms with E-state index in [0.717, 1.165) is 4.73 Å². The molecule has 0 spiro atoms. The normalized spacial score (nSPS) is 12.1. The summed E-state index contributed by atoms with van der Waals surface area (Å²) in [6.45, 7) is 1.59. The number of benzene rings is 2. The van der Waals surface area contributed by atoms with E-state index in [-0.39, 0.29) is 25.6 Å². The summed E-state index contributed by atoms with van der Waals surface area (Å²) in [5, 5.41) is 13.7. The maximum atomic E-state index is 13.3. The van der Waals surface area contributed by atoms with Crippen molar-refractivity contribution in [2.24, 2.45) is 0 Å². The number of fused-ring (bicyclic) bond motifs is 3. The lowest BCUT2D eigenvalue weighted by molar-refractivity contribution is -0.587. The van der Waals surface area contributed by atoms with Crippen LogP contribution in [0.2, 0.25) is 0 Å². The Labute approximate surface area is 152 Å². The third-order valence-electron chi connectivity index (χ3n) is 4.26. The number of hydrogen-bond donors (Lipinski definition) is 1. The molecule has 0 radical (unpaired) electrons. The van der Waals surface area contributed by atoms with Crippen molar-refractivity contribution in [3.8, 4) is 0 Å². The van der Waals surface area contributed by atoms with Gasteiger partial charge in [0.25, 0.3) is 5.65 Å². The zero-order chi connectivity index (χ0) is 17.8. The molecule has 0 aliphatic carbocycles. The van der Waals surface area contributed by atoms with Gasteiger partial charge in [-0.05, 0) is 47.1 Å². The fraction of sp³-hybridized carbons (Fsp3) is 0.0556. The highest BCUT2D eigenvalue weighted by atomic mass is 79.9. The molecule has 2 heterocycles. The molecule has 0 saturated heterocycles. The Balaban J connectivity index is 2.25. The van der Waals surface area contributed by atoms with E-state index in [9.17, 15) is 13.6 Å². The first kappa shape index (κ1) is 16.1. The minimum absolute atomic E-state index is 0.107. The van der Waals surface area contributed by atoms with Gasteiger partial charge >= 0.3 is 0 Å². The van der Waals surface area contributed by atoms with Crippen LogP contribution in [0.1, 0.15) is 5.69 Å². The van der Waals surface area contributed by atoms with Crippen molar-refractivity contribution < 1.29 is 13.1 Å². The predicted molar refractivity (Wildman–Crippen MR) is 99.1 cm³/mol. The number of nitrogens with one attached hydrogen (secondary N) is 1. The summed E-state index contributed by atoms with van der Waals surface area (Å²) in [5.41, 5.74) is 1.23. The summed E-state index contributed by atoms with van der Waals surface area (Å²) < 4.78 is 27.6. The summed E-state index contributed by atoms with van der Waals surface area (Å²) in [7, 11) is -3.82. The fourth-order valence-corrected chi connectivity index (χ4v) is 5.62. The van der Waals surface area contributed by atoms with Crippen molar-refractivity contribution in [1.29, 1.82) is 0 Å². The van der Waals surface area contributed by atoms with Crippen LogP contribution in [0.3, 0.4) is 0 Å². The summed E-state index contributed by atoms with van der Waals surface area (Å²) in [5.74, 6) is 0. The second-order valence-corrected chi connectivity index (χ2v) is 8.41. The maximum Gasteiger partial charge on any atom is 0.292 e. The van der Waals surface area contributed by atoms with Crippen LogP contribution in [0, 0.1) is 12.1 Å². The third-order valence-corrected chi connectivity index (χ3v) is 7.33. The molecule has 0 bridgehead atoms. The number of H-pyrrole nitrogens is 1. The van der Waals surface area contributed by atoms with Crippen LogP contribution in [0.25, 0.3) is 21.9 Å². The van der Waals surface area contributed by atoms with Crippen molar-refractivity contribution in [3.63, 3.8) is 0 Å². The van der Waals surface area contributed by atoms with Gasteiger partial charge in [0.05, 0.1) is 14.8 Å². The van der Waals surface area contributed by atoms with Crippen molar-refractivity contribution in [1.82, 2.24) is 4.98 Å². The summed E-state index contributed by atoms with van der Waals surface area (Å²) >= 11 is 3.34. The minimum atomic E-state index is -3.82. The van der Waals surface area contributed by atoms with E-state index in [2.05, 4.69) is 20.9 Å². The second-order valence-electron chi connectivity index (χ2n) is 5.73. The Hall–Kier alpha value is -2.38. The predicted octanol–water partition coefficient (Wildman–Crippen LogP) is 3.86. The average molecular weight is 417 g/mol. The molecule has 0 atom stereocenters. The van der Waals surface area contributed by atoms with E-state index in [0.29, 0.717) is 16.3 Å². The van der Waals surface area contributed by atoms with Crippen molar-refractivity contribution in [2.45, 2.75) is 16.7 Å². The number of aromatic nitrogens is 2. The summed E-state index contributed by atoms with van der Waals surface area (Å²) in [6, 6.07) is 15.5. The molecule has 0 amide bonds. The molecule has 4 rings (SSSR count). The smallest absolute Gasteiger partial charge is 0.292 e. The van der Waals surface area contributed by atoms with E-state index in [1.54, 1.807) is 43.3 Å². The molecule has 126 valence electrons. The minimum Gasteiger partial charge on any atom is -0.710 e. The van der Waals surface area contributed by atoms with Crippen molar-refractivity contribution >= 4 is 47.7 Å². The number of sulfone groups is 1. The number of aromatic amines is 1. The number of para-hydroxylation sites is 1. The van der Waals surface area contributed by atoms with E-state index in [1.165, 1.54) is 0 Å². The standard InChI is InChI=1S/C18H13BrN2O3S/c1-11-16(19)17(25(23,24)12-7-3-2-4-8-12)15-13-9-5-6-10-14(13)20-18(15)21(11)22/h2-10,20H,1H3. The van der Waals surface area contributed by atoms with Gasteiger partial charge in [-0.2, -0.15) is 0 Å². The number of rotatable bonds is 2. The zero-order valence-corrected chi connectivity index (χ0v) is 15.6. The van der Waals surface area contributed by atoms with Crippen LogP contribution in [-0.4, -0.2) is 13.4 Å². The largest absolute Gasteiger partial charge is 0.710 e. The molecule has 1 N–H and O–H groups in total. The Morgan fingerprint density at radius 3 is 2.40 bits per heavy atom. The Morgan fingerprint density at radius 2 is 1.68 bits per heavy atom. The average Bonchev–Trinajstić information content (AvgIpc) is 3.00. The lowest BCUT2D eigenvalue weighted by Crippen LogP contribution is -2.32. The van der Waals surface area contributed by atoms with Gasteiger partial charge in [-0.1, -0.05) is 30.3 Å². The van der Waals surface area contributed by atoms with Crippen molar-refractivity contribution in [2.75, 3.05) is 0 Å². The quantitative estimate of drug-likeness (QED) is 0.398. The highest BCUT2D eigenvalue weighted by molar-refractivity contribution is 9.10. The molecule has 7 heteroatoms. The Bertz CT molecular complexity index is 1230. The summed E-state index contributed by atoms with van der Waals surface area (Å²) in [4.78, 5) is 3.34. The first-order chi connectivity index (χ1) is 11.9. The van der Waals surface area contributed by atoms with Gasteiger partial charge in [-0.3, -0.25) is 0 Å². The van der Waals surface area contributed by atoms with Gasteiger partial charge in [-0.15, -0.1) is 0 Å². The second kappa shape index (κ2) is 5.57. The molecule has 25 heavy (non-hydrogen) atoms. The van der Waals surface area contributed by atoms with E-state index in [4.69, 9.17) is 0 Å². The maximum absolute atomic E-state index is 13.3. The van der Waals surface area contributed by atoms with Gasteiger partial charge in [0.2, 0.25) is 9.84 Å². The Kier molecular flexibility index (Phi) is 3.59. The molecule has 0 aliphatic rings. The fourth-order valence-electron chi connectivity index (χ4n) is 3.01. The number of hydrogen-bond acceptors (Lipinski definition) is 3. The van der Waals surface area contributed by atoms with E-state index >= 15 is 0 Å². The first-order valence-corrected chi connectivity index (χ1v) is 9.82. The number of pyridine rings is 1. The first-order valence-electron chi connectivity index (χ1n) is 7.55. The van der Waals surface area contributed by atoms with Gasteiger partial charge in [0, 0.05) is 5.39 Å². The zero-order valence-electron chi connectivity index (χ0n) is 13.2. The summed E-state index contributed by atoms with van der Waals surface area (Å²) in [6.07, 6.45) is 0. The monoisotopic (exact) mass is 416 g/mol. The van der Waals surface area contributed by atoms with Crippen LogP contribution in [0.15, 0.2) is 68.9 Å². The number of nitrogens with zero attached hydrogens (tertiary/aromatic N) is 1. The molecule has 2 aromatic carbocycles. The highest BCUT2D eigenvalue weighted by Gasteiger charge is 2.31.